The number of carbonyl (C=O) groups excluding carboxylic acids is 1. The van der Waals surface area contributed by atoms with E-state index in [9.17, 15) is 4.79 Å². The number of ether oxygens (including phenoxy) is 1. The first-order valence-corrected chi connectivity index (χ1v) is 11.1. The van der Waals surface area contributed by atoms with Crippen molar-refractivity contribution in [2.24, 2.45) is 5.14 Å². The molecule has 3 aromatic rings. The van der Waals surface area contributed by atoms with Crippen molar-refractivity contribution >= 4 is 56.5 Å². The first kappa shape index (κ1) is 20.6. The van der Waals surface area contributed by atoms with Crippen LogP contribution in [0.15, 0.2) is 28.5 Å². The summed E-state index contributed by atoms with van der Waals surface area (Å²) in [5.74, 6) is 0.600. The smallest absolute Gasteiger partial charge is 0.223 e. The molecule has 1 aromatic carbocycles. The van der Waals surface area contributed by atoms with Gasteiger partial charge in [0.2, 0.25) is 5.91 Å². The fourth-order valence-electron chi connectivity index (χ4n) is 2.43. The average molecular weight is 436 g/mol. The molecular weight excluding hydrogens is 414 g/mol. The van der Waals surface area contributed by atoms with Gasteiger partial charge in [0, 0.05) is 17.2 Å². The lowest BCUT2D eigenvalue weighted by Gasteiger charge is -2.15. The molecule has 28 heavy (non-hydrogen) atoms. The van der Waals surface area contributed by atoms with Gasteiger partial charge in [0.05, 0.1) is 28.1 Å². The standard InChI is InChI=1S/C18H21N5O2S3/c1-9(2)25-15-6-5-12(28-19)7-13(15)22-17-23-14(8-26-17)16-10(3)20-18(27-16)21-11(4)24/h5-9H,19H2,1-4H3,(H,22,23)(H,20,21,24). The zero-order valence-corrected chi connectivity index (χ0v) is 18.3. The van der Waals surface area contributed by atoms with Gasteiger partial charge in [0.15, 0.2) is 10.3 Å². The third-order valence-electron chi connectivity index (χ3n) is 3.51. The van der Waals surface area contributed by atoms with E-state index in [2.05, 4.69) is 20.6 Å². The minimum atomic E-state index is -0.142. The Bertz CT molecular complexity index is 984. The molecule has 0 aliphatic carbocycles. The molecule has 0 aliphatic rings. The summed E-state index contributed by atoms with van der Waals surface area (Å²) in [5, 5.41) is 15.0. The van der Waals surface area contributed by atoms with E-state index in [1.54, 1.807) is 0 Å². The van der Waals surface area contributed by atoms with Gasteiger partial charge in [-0.3, -0.25) is 9.93 Å². The molecule has 0 aliphatic heterocycles. The largest absolute Gasteiger partial charge is 0.489 e. The number of nitrogens with one attached hydrogen (secondary N) is 2. The molecule has 0 fully saturated rings. The van der Waals surface area contributed by atoms with Gasteiger partial charge >= 0.3 is 0 Å². The Hall–Kier alpha value is -2.14. The molecule has 2 aromatic heterocycles. The van der Waals surface area contributed by atoms with Crippen LogP contribution in [-0.4, -0.2) is 22.0 Å². The summed E-state index contributed by atoms with van der Waals surface area (Å²) in [6.45, 7) is 7.33. The van der Waals surface area contributed by atoms with Crippen molar-refractivity contribution in [1.82, 2.24) is 9.97 Å². The van der Waals surface area contributed by atoms with Crippen LogP contribution in [0.5, 0.6) is 5.75 Å². The molecule has 0 atom stereocenters. The van der Waals surface area contributed by atoms with Crippen LogP contribution >= 0.6 is 34.6 Å². The Labute approximate surface area is 175 Å². The highest BCUT2D eigenvalue weighted by Gasteiger charge is 2.15. The van der Waals surface area contributed by atoms with E-state index in [1.165, 1.54) is 41.5 Å². The van der Waals surface area contributed by atoms with Gasteiger partial charge in [-0.1, -0.05) is 11.3 Å². The van der Waals surface area contributed by atoms with Crippen molar-refractivity contribution in [2.75, 3.05) is 10.6 Å². The second-order valence-electron chi connectivity index (χ2n) is 6.22. The number of benzene rings is 1. The van der Waals surface area contributed by atoms with Gasteiger partial charge in [-0.25, -0.2) is 9.97 Å². The van der Waals surface area contributed by atoms with Crippen LogP contribution in [0.1, 0.15) is 26.5 Å². The third-order valence-corrected chi connectivity index (χ3v) is 5.89. The second-order valence-corrected chi connectivity index (χ2v) is 8.78. The van der Waals surface area contributed by atoms with Crippen molar-refractivity contribution in [3.8, 4) is 16.3 Å². The lowest BCUT2D eigenvalue weighted by Crippen LogP contribution is -2.07. The van der Waals surface area contributed by atoms with Crippen molar-refractivity contribution < 1.29 is 9.53 Å². The van der Waals surface area contributed by atoms with Gasteiger partial charge in [-0.2, -0.15) is 0 Å². The molecule has 148 valence electrons. The summed E-state index contributed by atoms with van der Waals surface area (Å²) in [6, 6.07) is 5.76. The fourth-order valence-corrected chi connectivity index (χ4v) is 4.52. The third kappa shape index (κ3) is 5.02. The van der Waals surface area contributed by atoms with Crippen molar-refractivity contribution in [3.63, 3.8) is 0 Å². The molecule has 10 heteroatoms. The summed E-state index contributed by atoms with van der Waals surface area (Å²) < 4.78 is 5.88. The molecule has 0 radical (unpaired) electrons. The number of carbonyl (C=O) groups is 1. The van der Waals surface area contributed by atoms with Crippen LogP contribution in [0.4, 0.5) is 16.0 Å². The number of amides is 1. The van der Waals surface area contributed by atoms with Gasteiger partial charge in [0.25, 0.3) is 0 Å². The van der Waals surface area contributed by atoms with E-state index in [0.29, 0.717) is 5.13 Å². The number of thiazole rings is 2. The first-order chi connectivity index (χ1) is 13.4. The molecule has 0 bridgehead atoms. The minimum absolute atomic E-state index is 0.0517. The Morgan fingerprint density at radius 3 is 2.75 bits per heavy atom. The van der Waals surface area contributed by atoms with E-state index in [0.717, 1.165) is 37.7 Å². The number of hydrogen-bond donors (Lipinski definition) is 3. The average Bonchev–Trinajstić information content (AvgIpc) is 3.21. The summed E-state index contributed by atoms with van der Waals surface area (Å²) in [4.78, 5) is 22.2. The van der Waals surface area contributed by atoms with Gasteiger partial charge < -0.3 is 15.4 Å². The first-order valence-electron chi connectivity index (χ1n) is 8.51. The maximum Gasteiger partial charge on any atom is 0.223 e. The summed E-state index contributed by atoms with van der Waals surface area (Å²) >= 11 is 4.07. The van der Waals surface area contributed by atoms with Crippen LogP contribution in [0.2, 0.25) is 0 Å². The molecule has 7 nitrogen and oxygen atoms in total. The van der Waals surface area contributed by atoms with Crippen LogP contribution in [0.25, 0.3) is 10.6 Å². The molecule has 0 saturated carbocycles. The van der Waals surface area contributed by atoms with Crippen LogP contribution in [0.3, 0.4) is 0 Å². The van der Waals surface area contributed by atoms with Crippen molar-refractivity contribution in [1.29, 1.82) is 0 Å². The summed E-state index contributed by atoms with van der Waals surface area (Å²) in [5.41, 5.74) is 2.45. The predicted octanol–water partition coefficient (Wildman–Crippen LogP) is 5.03. The number of anilines is 3. The zero-order chi connectivity index (χ0) is 20.3. The molecule has 4 N–H and O–H groups in total. The number of aryl methyl sites for hydroxylation is 1. The topological polar surface area (TPSA) is 102 Å². The second kappa shape index (κ2) is 8.91. The molecule has 1 amide bonds. The summed E-state index contributed by atoms with van der Waals surface area (Å²) in [6.07, 6.45) is 0.0517. The molecule has 0 saturated heterocycles. The van der Waals surface area contributed by atoms with Crippen LogP contribution in [0, 0.1) is 6.92 Å². The maximum atomic E-state index is 11.2. The highest BCUT2D eigenvalue weighted by molar-refractivity contribution is 7.97. The lowest BCUT2D eigenvalue weighted by atomic mass is 10.3. The predicted molar refractivity (Wildman–Crippen MR) is 118 cm³/mol. The highest BCUT2D eigenvalue weighted by atomic mass is 32.2. The quantitative estimate of drug-likeness (QED) is 0.447. The monoisotopic (exact) mass is 435 g/mol. The fraction of sp³-hybridized carbons (Fsp3) is 0.278. The zero-order valence-electron chi connectivity index (χ0n) is 15.9. The Morgan fingerprint density at radius 2 is 2.07 bits per heavy atom. The van der Waals surface area contributed by atoms with Gasteiger partial charge in [-0.05, 0) is 50.9 Å². The number of rotatable bonds is 7. The van der Waals surface area contributed by atoms with E-state index < -0.39 is 0 Å². The Morgan fingerprint density at radius 1 is 1.29 bits per heavy atom. The van der Waals surface area contributed by atoms with Gasteiger partial charge in [0.1, 0.15) is 5.75 Å². The summed E-state index contributed by atoms with van der Waals surface area (Å²) in [7, 11) is 0. The van der Waals surface area contributed by atoms with Crippen LogP contribution < -0.4 is 20.5 Å². The van der Waals surface area contributed by atoms with E-state index in [4.69, 9.17) is 9.88 Å². The number of hydrogen-bond acceptors (Lipinski definition) is 9. The molecule has 3 rings (SSSR count). The number of nitrogens with two attached hydrogens (primary N) is 1. The SMILES string of the molecule is CC(=O)Nc1nc(C)c(-c2csc(Nc3cc(SN)ccc3OC(C)C)n2)s1. The molecule has 0 spiro atoms. The Kier molecular flexibility index (Phi) is 6.55. The maximum absolute atomic E-state index is 11.2. The number of aromatic nitrogens is 2. The number of nitrogens with zero attached hydrogens (tertiary/aromatic N) is 2. The van der Waals surface area contributed by atoms with Gasteiger partial charge in [-0.15, -0.1) is 11.3 Å². The minimum Gasteiger partial charge on any atom is -0.489 e. The lowest BCUT2D eigenvalue weighted by molar-refractivity contribution is -0.114. The van der Waals surface area contributed by atoms with E-state index in [-0.39, 0.29) is 12.0 Å². The van der Waals surface area contributed by atoms with E-state index in [1.807, 2.05) is 44.4 Å². The Balaban J connectivity index is 1.85. The van der Waals surface area contributed by atoms with E-state index >= 15 is 0 Å². The highest BCUT2D eigenvalue weighted by Crippen LogP contribution is 2.37. The molecule has 0 unspecified atom stereocenters. The van der Waals surface area contributed by atoms with Crippen LogP contribution in [-0.2, 0) is 4.79 Å². The molecular formula is C18H21N5O2S3. The van der Waals surface area contributed by atoms with Crippen molar-refractivity contribution in [2.45, 2.75) is 38.7 Å². The van der Waals surface area contributed by atoms with Crippen molar-refractivity contribution in [3.05, 3.63) is 29.3 Å². The molecule has 2 heterocycles. The normalized spacial score (nSPS) is 10.9.